The molecule has 0 aliphatic carbocycles. The van der Waals surface area contributed by atoms with Crippen molar-refractivity contribution in [3.63, 3.8) is 0 Å². The average Bonchev–Trinajstić information content (AvgIpc) is 2.61. The molecule has 0 saturated carbocycles. The molecule has 2 rings (SSSR count). The first-order valence-electron chi connectivity index (χ1n) is 4.20. The zero-order chi connectivity index (χ0) is 10.8. The second-order valence-electron chi connectivity index (χ2n) is 2.55. The first-order valence-corrected chi connectivity index (χ1v) is 4.20. The molecule has 0 amide bonds. The fourth-order valence-electron chi connectivity index (χ4n) is 1.07. The minimum atomic E-state index is 0.0534. The van der Waals surface area contributed by atoms with Gasteiger partial charge in [-0.1, -0.05) is 0 Å². The molecule has 0 saturated heterocycles. The molecule has 0 aromatic carbocycles. The van der Waals surface area contributed by atoms with Crippen LogP contribution in [-0.2, 0) is 0 Å². The molecule has 0 radical (unpaired) electrons. The Morgan fingerprint density at radius 2 is 2.27 bits per heavy atom. The standard InChI is InChI=1S/C7H8N4O4/c1-3-14-6-4-5(10-15-11(4)12)8-7(9-6)13-2/h3H2,1-2H3. The molecular weight excluding hydrogens is 204 g/mol. The first-order chi connectivity index (χ1) is 7.26. The van der Waals surface area contributed by atoms with E-state index >= 15 is 0 Å². The Hall–Kier alpha value is -2.12. The summed E-state index contributed by atoms with van der Waals surface area (Å²) in [5, 5.41) is 14.6. The Labute approximate surface area is 84.0 Å². The van der Waals surface area contributed by atoms with Gasteiger partial charge in [-0.3, -0.25) is 4.63 Å². The first kappa shape index (κ1) is 9.44. The summed E-state index contributed by atoms with van der Waals surface area (Å²) in [6, 6.07) is 0.0693. The van der Waals surface area contributed by atoms with E-state index in [2.05, 4.69) is 19.8 Å². The van der Waals surface area contributed by atoms with Crippen LogP contribution in [0.1, 0.15) is 6.92 Å². The van der Waals surface area contributed by atoms with Crippen LogP contribution in [0.2, 0.25) is 0 Å². The zero-order valence-corrected chi connectivity index (χ0v) is 8.13. The molecular formula is C7H8N4O4. The Morgan fingerprint density at radius 3 is 2.93 bits per heavy atom. The van der Waals surface area contributed by atoms with Gasteiger partial charge in [0.1, 0.15) is 0 Å². The molecule has 15 heavy (non-hydrogen) atoms. The van der Waals surface area contributed by atoms with E-state index in [1.54, 1.807) is 6.92 Å². The summed E-state index contributed by atoms with van der Waals surface area (Å²) in [5.41, 5.74) is 0.151. The molecule has 8 heteroatoms. The smallest absolute Gasteiger partial charge is 0.350 e. The van der Waals surface area contributed by atoms with Crippen LogP contribution in [0.15, 0.2) is 4.63 Å². The minimum absolute atomic E-state index is 0.0534. The van der Waals surface area contributed by atoms with Gasteiger partial charge < -0.3 is 14.7 Å². The second-order valence-corrected chi connectivity index (χ2v) is 2.55. The van der Waals surface area contributed by atoms with Crippen molar-refractivity contribution in [3.05, 3.63) is 5.21 Å². The molecule has 2 aromatic heterocycles. The summed E-state index contributed by atoms with van der Waals surface area (Å²) >= 11 is 0. The normalized spacial score (nSPS) is 10.5. The highest BCUT2D eigenvalue weighted by molar-refractivity contribution is 5.71. The van der Waals surface area contributed by atoms with Crippen LogP contribution in [0.3, 0.4) is 0 Å². The molecule has 0 unspecified atom stereocenters. The van der Waals surface area contributed by atoms with Crippen LogP contribution < -0.4 is 14.4 Å². The average molecular weight is 212 g/mol. The van der Waals surface area contributed by atoms with Crippen LogP contribution in [-0.4, -0.2) is 28.8 Å². The molecule has 8 nitrogen and oxygen atoms in total. The molecule has 80 valence electrons. The van der Waals surface area contributed by atoms with E-state index < -0.39 is 0 Å². The number of rotatable bonds is 3. The Balaban J connectivity index is 2.66. The van der Waals surface area contributed by atoms with Crippen molar-refractivity contribution in [1.82, 2.24) is 15.1 Å². The van der Waals surface area contributed by atoms with Gasteiger partial charge in [0.05, 0.1) is 18.9 Å². The molecule has 0 atom stereocenters. The van der Waals surface area contributed by atoms with Gasteiger partial charge in [0.2, 0.25) is 0 Å². The number of aromatic nitrogens is 4. The Bertz CT molecular complexity index is 483. The molecule has 2 aromatic rings. The second kappa shape index (κ2) is 3.56. The van der Waals surface area contributed by atoms with E-state index in [0.717, 1.165) is 0 Å². The Morgan fingerprint density at radius 1 is 1.47 bits per heavy atom. The van der Waals surface area contributed by atoms with Crippen molar-refractivity contribution in [2.75, 3.05) is 13.7 Å². The van der Waals surface area contributed by atoms with Crippen molar-refractivity contribution >= 4 is 11.2 Å². The van der Waals surface area contributed by atoms with Crippen molar-refractivity contribution in [2.45, 2.75) is 6.92 Å². The van der Waals surface area contributed by atoms with E-state index in [4.69, 9.17) is 9.47 Å². The lowest BCUT2D eigenvalue weighted by atomic mass is 10.5. The highest BCUT2D eigenvalue weighted by atomic mass is 16.8. The zero-order valence-electron chi connectivity index (χ0n) is 8.13. The predicted molar refractivity (Wildman–Crippen MR) is 46.3 cm³/mol. The molecule has 0 aliphatic heterocycles. The van der Waals surface area contributed by atoms with Crippen molar-refractivity contribution in [3.8, 4) is 11.9 Å². The number of hydrogen-bond acceptors (Lipinski definition) is 7. The summed E-state index contributed by atoms with van der Waals surface area (Å²) in [7, 11) is 1.40. The van der Waals surface area contributed by atoms with Crippen molar-refractivity contribution in [2.24, 2.45) is 0 Å². The fraction of sp³-hybridized carbons (Fsp3) is 0.429. The highest BCUT2D eigenvalue weighted by Gasteiger charge is 2.21. The highest BCUT2D eigenvalue weighted by Crippen LogP contribution is 2.20. The lowest BCUT2D eigenvalue weighted by Crippen LogP contribution is -2.23. The van der Waals surface area contributed by atoms with Gasteiger partial charge in [0.15, 0.2) is 0 Å². The van der Waals surface area contributed by atoms with Gasteiger partial charge in [0.25, 0.3) is 5.88 Å². The third kappa shape index (κ3) is 1.49. The fourth-order valence-corrected chi connectivity index (χ4v) is 1.07. The van der Waals surface area contributed by atoms with E-state index in [9.17, 15) is 5.21 Å². The summed E-state index contributed by atoms with van der Waals surface area (Å²) in [4.78, 5) is 7.88. The van der Waals surface area contributed by atoms with Gasteiger partial charge in [-0.15, -0.1) is 4.98 Å². The molecule has 0 fully saturated rings. The Kier molecular flexibility index (Phi) is 2.24. The van der Waals surface area contributed by atoms with Crippen LogP contribution >= 0.6 is 0 Å². The van der Waals surface area contributed by atoms with E-state index in [1.165, 1.54) is 7.11 Å². The van der Waals surface area contributed by atoms with Crippen LogP contribution in [0, 0.1) is 5.21 Å². The maximum absolute atomic E-state index is 11.2. The number of ether oxygens (including phenoxy) is 2. The lowest BCUT2D eigenvalue weighted by Gasteiger charge is -2.01. The van der Waals surface area contributed by atoms with Crippen molar-refractivity contribution in [1.29, 1.82) is 0 Å². The van der Waals surface area contributed by atoms with Crippen LogP contribution in [0.25, 0.3) is 11.2 Å². The maximum atomic E-state index is 11.2. The summed E-state index contributed by atoms with van der Waals surface area (Å²) in [5.74, 6) is 0.0931. The summed E-state index contributed by atoms with van der Waals surface area (Å²) in [6.45, 7) is 2.13. The maximum Gasteiger partial charge on any atom is 0.350 e. The largest absolute Gasteiger partial charge is 0.475 e. The van der Waals surface area contributed by atoms with Crippen LogP contribution in [0.4, 0.5) is 0 Å². The third-order valence-corrected chi connectivity index (χ3v) is 1.66. The molecule has 0 spiro atoms. The van der Waals surface area contributed by atoms with E-state index in [1.807, 2.05) is 0 Å². The summed E-state index contributed by atoms with van der Waals surface area (Å²) < 4.78 is 14.3. The predicted octanol–water partition coefficient (Wildman–Crippen LogP) is -0.341. The quantitative estimate of drug-likeness (QED) is 0.641. The van der Waals surface area contributed by atoms with Gasteiger partial charge >= 0.3 is 17.2 Å². The molecule has 0 N–H and O–H groups in total. The van der Waals surface area contributed by atoms with Gasteiger partial charge in [-0.2, -0.15) is 4.98 Å². The molecule has 0 bridgehead atoms. The van der Waals surface area contributed by atoms with E-state index in [0.29, 0.717) is 6.61 Å². The van der Waals surface area contributed by atoms with Crippen LogP contribution in [0.5, 0.6) is 11.9 Å². The van der Waals surface area contributed by atoms with E-state index in [-0.39, 0.29) is 28.0 Å². The molecule has 2 heterocycles. The topological polar surface area (TPSA) is 97.2 Å². The van der Waals surface area contributed by atoms with Gasteiger partial charge in [-0.25, -0.2) is 0 Å². The SMILES string of the molecule is CCOc1nc(OC)nc2no[n+]([O-])c12. The number of nitrogens with zero attached hydrogens (tertiary/aromatic N) is 4. The minimum Gasteiger partial charge on any atom is -0.475 e. The number of fused-ring (bicyclic) bond motifs is 1. The van der Waals surface area contributed by atoms with Gasteiger partial charge in [-0.05, 0) is 11.8 Å². The third-order valence-electron chi connectivity index (χ3n) is 1.66. The molecule has 0 aliphatic rings. The summed E-state index contributed by atoms with van der Waals surface area (Å²) in [6.07, 6.45) is 0. The lowest BCUT2D eigenvalue weighted by molar-refractivity contribution is -0.782. The monoisotopic (exact) mass is 212 g/mol. The van der Waals surface area contributed by atoms with Gasteiger partial charge in [0, 0.05) is 0 Å². The number of methoxy groups -OCH3 is 1. The number of hydrogen-bond donors (Lipinski definition) is 0. The van der Waals surface area contributed by atoms with Crippen molar-refractivity contribution < 1.29 is 19.0 Å².